The van der Waals surface area contributed by atoms with Crippen LogP contribution in [-0.4, -0.2) is 28.8 Å². The van der Waals surface area contributed by atoms with Gasteiger partial charge in [0.05, 0.1) is 0 Å². The molecule has 9 atom stereocenters. The van der Waals surface area contributed by atoms with Gasteiger partial charge in [0.15, 0.2) is 5.60 Å². The number of hydrogen-bond donors (Lipinski definition) is 2. The Morgan fingerprint density at radius 1 is 0.930 bits per heavy atom. The summed E-state index contributed by atoms with van der Waals surface area (Å²) in [5.74, 6) is 3.19. The van der Waals surface area contributed by atoms with Crippen LogP contribution in [0.3, 0.4) is 0 Å². The predicted octanol–water partition coefficient (Wildman–Crippen LogP) is 9.33. The highest BCUT2D eigenvalue weighted by Crippen LogP contribution is 2.76. The van der Waals surface area contributed by atoms with Crippen LogP contribution in [0.2, 0.25) is 0 Å². The molecule has 3 N–H and O–H groups in total. The number of ether oxygens (including phenoxy) is 1. The van der Waals surface area contributed by atoms with Gasteiger partial charge in [0.1, 0.15) is 0 Å². The lowest BCUT2D eigenvalue weighted by Crippen LogP contribution is -2.67. The fourth-order valence-electron chi connectivity index (χ4n) is 13.6. The molecule has 0 bridgehead atoms. The number of rotatable bonds is 6. The maximum atomic E-state index is 12.1. The largest absolute Gasteiger partial charge is 0.479 e. The van der Waals surface area contributed by atoms with Gasteiger partial charge in [0, 0.05) is 12.1 Å². The highest BCUT2D eigenvalue weighted by molar-refractivity contribution is 5.77. The Morgan fingerprint density at radius 2 is 1.63 bits per heavy atom. The molecule has 0 amide bonds. The standard InChI is InChI=1S/C39H63NO3/c1-9-43-39(33(41)42)20-12-26(13-21-39)24-27-14-17-35(6)30(34(27,4)5)16-18-37(8)31(35)11-10-29-32-28(25(2)3)15-19-38(32,40)23-22-36(29,37)7/h14,26,28-32H,2,9-13,15-24,40H2,1,3-8H3,(H,41,42)/t26?,28-,29+,30-,31+,32+,35-,36+,37+,38-,39?/m0/s1. The summed E-state index contributed by atoms with van der Waals surface area (Å²) < 4.78 is 5.82. The Morgan fingerprint density at radius 3 is 2.26 bits per heavy atom. The summed E-state index contributed by atoms with van der Waals surface area (Å²) in [4.78, 5) is 12.1. The van der Waals surface area contributed by atoms with Crippen molar-refractivity contribution in [2.45, 2.75) is 149 Å². The Kier molecular flexibility index (Phi) is 7.73. The van der Waals surface area contributed by atoms with E-state index in [1.807, 2.05) is 6.92 Å². The van der Waals surface area contributed by atoms with Crippen molar-refractivity contribution in [3.05, 3.63) is 23.8 Å². The summed E-state index contributed by atoms with van der Waals surface area (Å²) in [5.41, 5.74) is 10.6. The van der Waals surface area contributed by atoms with Gasteiger partial charge in [0.2, 0.25) is 0 Å². The molecule has 0 aliphatic heterocycles. The third kappa shape index (κ3) is 4.44. The first-order valence-electron chi connectivity index (χ1n) is 18.1. The molecule has 0 heterocycles. The monoisotopic (exact) mass is 593 g/mol. The first kappa shape index (κ1) is 31.8. The van der Waals surface area contributed by atoms with Gasteiger partial charge < -0.3 is 15.6 Å². The molecular formula is C39H63NO3. The molecule has 0 saturated heterocycles. The van der Waals surface area contributed by atoms with Gasteiger partial charge in [-0.15, -0.1) is 0 Å². The first-order valence-corrected chi connectivity index (χ1v) is 18.1. The summed E-state index contributed by atoms with van der Waals surface area (Å²) >= 11 is 0. The van der Waals surface area contributed by atoms with Crippen LogP contribution in [0.25, 0.3) is 0 Å². The Balaban J connectivity index is 1.24. The summed E-state index contributed by atoms with van der Waals surface area (Å²) in [6.45, 7) is 22.4. The minimum Gasteiger partial charge on any atom is -0.479 e. The molecule has 6 aliphatic rings. The van der Waals surface area contributed by atoms with E-state index in [1.165, 1.54) is 63.4 Å². The number of nitrogens with two attached hydrogens (primary N) is 1. The van der Waals surface area contributed by atoms with Crippen molar-refractivity contribution in [1.82, 2.24) is 0 Å². The maximum absolute atomic E-state index is 12.1. The molecule has 0 aromatic heterocycles. The number of carbonyl (C=O) groups is 1. The highest BCUT2D eigenvalue weighted by Gasteiger charge is 2.70. The van der Waals surface area contributed by atoms with E-state index >= 15 is 0 Å². The average molecular weight is 594 g/mol. The fraction of sp³-hybridized carbons (Fsp3) is 0.872. The maximum Gasteiger partial charge on any atom is 0.335 e. The van der Waals surface area contributed by atoms with Crippen LogP contribution in [0.5, 0.6) is 0 Å². The number of hydrogen-bond acceptors (Lipinski definition) is 3. The zero-order chi connectivity index (χ0) is 31.2. The molecule has 6 rings (SSSR count). The third-order valence-electron chi connectivity index (χ3n) is 16.1. The molecule has 0 aromatic carbocycles. The second kappa shape index (κ2) is 10.4. The zero-order valence-electron chi connectivity index (χ0n) is 28.7. The van der Waals surface area contributed by atoms with E-state index in [-0.39, 0.29) is 11.0 Å². The minimum atomic E-state index is -0.964. The fourth-order valence-corrected chi connectivity index (χ4v) is 13.6. The van der Waals surface area contributed by atoms with Gasteiger partial charge in [-0.3, -0.25) is 0 Å². The predicted molar refractivity (Wildman–Crippen MR) is 175 cm³/mol. The van der Waals surface area contributed by atoms with Gasteiger partial charge in [-0.1, -0.05) is 58.4 Å². The van der Waals surface area contributed by atoms with Crippen LogP contribution in [0.4, 0.5) is 0 Å². The normalized spacial score (nSPS) is 50.5. The van der Waals surface area contributed by atoms with Crippen LogP contribution < -0.4 is 5.73 Å². The number of aliphatic carboxylic acids is 1. The molecular weight excluding hydrogens is 530 g/mol. The smallest absolute Gasteiger partial charge is 0.335 e. The number of fused-ring (bicyclic) bond motifs is 7. The van der Waals surface area contributed by atoms with E-state index in [1.54, 1.807) is 5.57 Å². The lowest BCUT2D eigenvalue weighted by molar-refractivity contribution is -0.219. The van der Waals surface area contributed by atoms with E-state index in [9.17, 15) is 9.90 Å². The molecule has 0 aromatic rings. The van der Waals surface area contributed by atoms with E-state index in [0.717, 1.165) is 31.1 Å². The summed E-state index contributed by atoms with van der Waals surface area (Å²) in [6, 6.07) is 0. The van der Waals surface area contributed by atoms with Crippen molar-refractivity contribution in [2.75, 3.05) is 6.61 Å². The van der Waals surface area contributed by atoms with E-state index in [2.05, 4.69) is 54.2 Å². The Hall–Kier alpha value is -1.13. The third-order valence-corrected chi connectivity index (χ3v) is 16.1. The van der Waals surface area contributed by atoms with Gasteiger partial charge in [0.25, 0.3) is 0 Å². The molecule has 5 saturated carbocycles. The summed E-state index contributed by atoms with van der Waals surface area (Å²) in [7, 11) is 0. The summed E-state index contributed by atoms with van der Waals surface area (Å²) in [5, 5.41) is 9.92. The molecule has 242 valence electrons. The molecule has 0 spiro atoms. The molecule has 4 nitrogen and oxygen atoms in total. The molecule has 43 heavy (non-hydrogen) atoms. The Bertz CT molecular complexity index is 1160. The Labute approximate surface area is 263 Å². The minimum absolute atomic E-state index is 0.0223. The second-order valence-corrected chi connectivity index (χ2v) is 18.0. The first-order chi connectivity index (χ1) is 20.1. The number of carboxylic acids is 1. The van der Waals surface area contributed by atoms with Crippen LogP contribution >= 0.6 is 0 Å². The number of carboxylic acid groups (broad SMARTS) is 1. The van der Waals surface area contributed by atoms with Crippen molar-refractivity contribution < 1.29 is 14.6 Å². The van der Waals surface area contributed by atoms with Gasteiger partial charge in [-0.2, -0.15) is 0 Å². The van der Waals surface area contributed by atoms with Crippen LogP contribution in [0.1, 0.15) is 138 Å². The molecule has 0 radical (unpaired) electrons. The van der Waals surface area contributed by atoms with Gasteiger partial charge in [-0.05, 0) is 161 Å². The van der Waals surface area contributed by atoms with E-state index in [0.29, 0.717) is 59.4 Å². The van der Waals surface area contributed by atoms with Crippen molar-refractivity contribution in [3.8, 4) is 0 Å². The van der Waals surface area contributed by atoms with Crippen molar-refractivity contribution in [3.63, 3.8) is 0 Å². The van der Waals surface area contributed by atoms with Crippen molar-refractivity contribution in [1.29, 1.82) is 0 Å². The van der Waals surface area contributed by atoms with E-state index < -0.39 is 11.6 Å². The van der Waals surface area contributed by atoms with E-state index in [4.69, 9.17) is 10.5 Å². The topological polar surface area (TPSA) is 72.5 Å². The van der Waals surface area contributed by atoms with Crippen molar-refractivity contribution >= 4 is 5.97 Å². The van der Waals surface area contributed by atoms with Gasteiger partial charge in [-0.25, -0.2) is 4.79 Å². The highest BCUT2D eigenvalue weighted by atomic mass is 16.5. The molecule has 4 heteroatoms. The van der Waals surface area contributed by atoms with Crippen LogP contribution in [0, 0.1) is 57.2 Å². The molecule has 6 aliphatic carbocycles. The second-order valence-electron chi connectivity index (χ2n) is 18.0. The number of allylic oxidation sites excluding steroid dienone is 3. The van der Waals surface area contributed by atoms with Crippen LogP contribution in [0.15, 0.2) is 23.8 Å². The molecule has 5 fully saturated rings. The quantitative estimate of drug-likeness (QED) is 0.301. The SMILES string of the molecule is C=C(C)[C@@H]1CC[C@]2(N)CC[C@]3(C)[C@H](CC[C@@H]4[C@@]5(C)CC=C(CC6CCC(OCC)(C(=O)O)CC6)C(C)(C)[C@@H]5CC[C@]43C)[C@@H]12. The molecule has 0 unspecified atom stereocenters. The zero-order valence-corrected chi connectivity index (χ0v) is 28.7. The lowest BCUT2D eigenvalue weighted by atomic mass is 9.33. The van der Waals surface area contributed by atoms with Crippen molar-refractivity contribution in [2.24, 2.45) is 62.9 Å². The average Bonchev–Trinajstić information content (AvgIpc) is 3.29. The van der Waals surface area contributed by atoms with Gasteiger partial charge >= 0.3 is 5.97 Å². The van der Waals surface area contributed by atoms with Crippen LogP contribution in [-0.2, 0) is 9.53 Å². The lowest BCUT2D eigenvalue weighted by Gasteiger charge is -2.72. The summed E-state index contributed by atoms with van der Waals surface area (Å²) in [6.07, 6.45) is 18.5.